The molecule has 94 valence electrons. The fourth-order valence-corrected chi connectivity index (χ4v) is 2.21. The van der Waals surface area contributed by atoms with Crippen LogP contribution in [0.3, 0.4) is 0 Å². The van der Waals surface area contributed by atoms with Crippen molar-refractivity contribution in [3.63, 3.8) is 0 Å². The van der Waals surface area contributed by atoms with Gasteiger partial charge in [0.25, 0.3) is 0 Å². The molecule has 0 saturated carbocycles. The first-order valence-electron chi connectivity index (χ1n) is 5.52. The molecule has 3 heterocycles. The van der Waals surface area contributed by atoms with Crippen LogP contribution in [-0.4, -0.2) is 26.1 Å². The monoisotopic (exact) mass is 265 g/mol. The molecule has 3 N–H and O–H groups in total. The Morgan fingerprint density at radius 2 is 2.22 bits per heavy atom. The van der Waals surface area contributed by atoms with Gasteiger partial charge in [-0.1, -0.05) is 11.6 Å². The highest BCUT2D eigenvalue weighted by Gasteiger charge is 2.20. The lowest BCUT2D eigenvalue weighted by Gasteiger charge is -2.29. The summed E-state index contributed by atoms with van der Waals surface area (Å²) in [4.78, 5) is 14.6. The topological polar surface area (TPSA) is 84.9 Å². The van der Waals surface area contributed by atoms with Crippen molar-refractivity contribution in [3.05, 3.63) is 29.4 Å². The minimum atomic E-state index is 0.350. The van der Waals surface area contributed by atoms with Crippen LogP contribution in [0.4, 0.5) is 11.8 Å². The average Bonchev–Trinajstić information content (AvgIpc) is 2.86. The van der Waals surface area contributed by atoms with Gasteiger partial charge in [0.1, 0.15) is 10.8 Å². The van der Waals surface area contributed by atoms with Crippen LogP contribution >= 0.6 is 11.6 Å². The Balaban J connectivity index is 1.92. The number of hydrogen-bond acceptors (Lipinski definition) is 6. The Bertz CT molecular complexity index is 567. The van der Waals surface area contributed by atoms with Gasteiger partial charge < -0.3 is 9.47 Å². The molecular weight excluding hydrogens is 254 g/mol. The summed E-state index contributed by atoms with van der Waals surface area (Å²) in [5.74, 6) is 7.33. The van der Waals surface area contributed by atoms with Gasteiger partial charge in [0.05, 0.1) is 12.7 Å². The molecule has 1 aliphatic heterocycles. The molecule has 0 amide bonds. The van der Waals surface area contributed by atoms with Crippen molar-refractivity contribution in [2.75, 3.05) is 16.9 Å². The Kier molecular flexibility index (Phi) is 2.77. The Labute approximate surface area is 109 Å². The van der Waals surface area contributed by atoms with Crippen LogP contribution in [0.15, 0.2) is 18.6 Å². The molecule has 18 heavy (non-hydrogen) atoms. The zero-order chi connectivity index (χ0) is 12.5. The smallest absolute Gasteiger partial charge is 0.239 e. The third-order valence-corrected chi connectivity index (χ3v) is 3.17. The maximum Gasteiger partial charge on any atom is 0.239 e. The van der Waals surface area contributed by atoms with Crippen LogP contribution < -0.4 is 16.2 Å². The Hall–Kier alpha value is -1.86. The minimum Gasteiger partial charge on any atom is -0.346 e. The van der Waals surface area contributed by atoms with E-state index in [1.165, 1.54) is 0 Å². The number of nitrogens with two attached hydrogens (primary N) is 1. The summed E-state index contributed by atoms with van der Waals surface area (Å²) >= 11 is 6.13. The summed E-state index contributed by atoms with van der Waals surface area (Å²) < 4.78 is 2.12. The molecule has 2 aromatic heterocycles. The number of rotatable bonds is 2. The lowest BCUT2D eigenvalue weighted by Crippen LogP contribution is -2.34. The molecule has 0 atom stereocenters. The zero-order valence-corrected chi connectivity index (χ0v) is 10.3. The minimum absolute atomic E-state index is 0.350. The van der Waals surface area contributed by atoms with Gasteiger partial charge in [-0.15, -0.1) is 0 Å². The van der Waals surface area contributed by atoms with E-state index in [1.807, 2.05) is 6.20 Å². The molecule has 0 radical (unpaired) electrons. The number of hydrogen-bond donors (Lipinski definition) is 2. The highest BCUT2D eigenvalue weighted by molar-refractivity contribution is 6.32. The SMILES string of the molecule is NNc1ncc(Cl)c(N2CCn3ccnc3C2)n1. The zero-order valence-electron chi connectivity index (χ0n) is 9.54. The molecule has 7 nitrogen and oxygen atoms in total. The molecule has 2 aromatic rings. The first kappa shape index (κ1) is 11.2. The molecule has 0 unspecified atom stereocenters. The van der Waals surface area contributed by atoms with Crippen LogP contribution in [0.1, 0.15) is 5.82 Å². The third kappa shape index (κ3) is 1.87. The molecule has 0 saturated heterocycles. The average molecular weight is 266 g/mol. The fraction of sp³-hybridized carbons (Fsp3) is 0.300. The lowest BCUT2D eigenvalue weighted by molar-refractivity contribution is 0.556. The van der Waals surface area contributed by atoms with E-state index in [9.17, 15) is 0 Å². The Morgan fingerprint density at radius 1 is 1.33 bits per heavy atom. The summed E-state index contributed by atoms with van der Waals surface area (Å²) in [6.45, 7) is 2.36. The summed E-state index contributed by atoms with van der Waals surface area (Å²) in [5, 5.41) is 0.508. The van der Waals surface area contributed by atoms with Crippen molar-refractivity contribution in [3.8, 4) is 0 Å². The van der Waals surface area contributed by atoms with Gasteiger partial charge in [-0.3, -0.25) is 5.43 Å². The molecule has 0 aliphatic carbocycles. The number of fused-ring (bicyclic) bond motifs is 1. The summed E-state index contributed by atoms with van der Waals surface area (Å²) in [6, 6.07) is 0. The van der Waals surface area contributed by atoms with E-state index in [0.29, 0.717) is 23.3 Å². The van der Waals surface area contributed by atoms with Crippen molar-refractivity contribution < 1.29 is 0 Å². The van der Waals surface area contributed by atoms with Crippen LogP contribution in [0, 0.1) is 0 Å². The van der Waals surface area contributed by atoms with Gasteiger partial charge in [0.2, 0.25) is 5.95 Å². The lowest BCUT2D eigenvalue weighted by atomic mass is 10.3. The number of nitrogen functional groups attached to an aromatic ring is 1. The van der Waals surface area contributed by atoms with Gasteiger partial charge in [-0.05, 0) is 0 Å². The number of aromatic nitrogens is 4. The molecule has 0 fully saturated rings. The maximum absolute atomic E-state index is 6.13. The van der Waals surface area contributed by atoms with E-state index in [1.54, 1.807) is 12.4 Å². The van der Waals surface area contributed by atoms with E-state index >= 15 is 0 Å². The van der Waals surface area contributed by atoms with Gasteiger partial charge in [0.15, 0.2) is 5.82 Å². The van der Waals surface area contributed by atoms with Crippen LogP contribution in [-0.2, 0) is 13.1 Å². The molecular formula is C10H12ClN7. The highest BCUT2D eigenvalue weighted by atomic mass is 35.5. The van der Waals surface area contributed by atoms with Gasteiger partial charge in [0, 0.05) is 25.5 Å². The van der Waals surface area contributed by atoms with Crippen molar-refractivity contribution in [2.45, 2.75) is 13.1 Å². The van der Waals surface area contributed by atoms with Gasteiger partial charge in [-0.25, -0.2) is 15.8 Å². The van der Waals surface area contributed by atoms with Crippen molar-refractivity contribution in [2.24, 2.45) is 5.84 Å². The molecule has 0 spiro atoms. The number of anilines is 2. The number of nitrogens with one attached hydrogen (secondary N) is 1. The molecule has 0 bridgehead atoms. The van der Waals surface area contributed by atoms with Gasteiger partial charge in [-0.2, -0.15) is 4.98 Å². The highest BCUT2D eigenvalue weighted by Crippen LogP contribution is 2.26. The Morgan fingerprint density at radius 3 is 3.06 bits per heavy atom. The normalized spacial score (nSPS) is 14.4. The fourth-order valence-electron chi connectivity index (χ4n) is 2.00. The predicted molar refractivity (Wildman–Crippen MR) is 68.1 cm³/mol. The second-order valence-corrected chi connectivity index (χ2v) is 4.38. The largest absolute Gasteiger partial charge is 0.346 e. The van der Waals surface area contributed by atoms with E-state index in [0.717, 1.165) is 18.9 Å². The second kappa shape index (κ2) is 4.43. The number of hydrazine groups is 1. The van der Waals surface area contributed by atoms with Gasteiger partial charge >= 0.3 is 0 Å². The number of nitrogens with zero attached hydrogens (tertiary/aromatic N) is 5. The third-order valence-electron chi connectivity index (χ3n) is 2.90. The number of halogens is 1. The van der Waals surface area contributed by atoms with Crippen LogP contribution in [0.5, 0.6) is 0 Å². The first-order chi connectivity index (χ1) is 8.78. The first-order valence-corrected chi connectivity index (χ1v) is 5.90. The molecule has 8 heteroatoms. The standard InChI is InChI=1S/C10H12ClN7/c11-7-5-14-10(16-12)15-9(7)18-4-3-17-2-1-13-8(17)6-18/h1-2,5H,3-4,6,12H2,(H,14,15,16). The predicted octanol–water partition coefficient (Wildman–Crippen LogP) is 0.632. The van der Waals surface area contributed by atoms with Crippen LogP contribution in [0.25, 0.3) is 0 Å². The summed E-state index contributed by atoms with van der Waals surface area (Å²) in [5.41, 5.74) is 2.42. The van der Waals surface area contributed by atoms with Crippen molar-refractivity contribution >= 4 is 23.4 Å². The van der Waals surface area contributed by atoms with E-state index < -0.39 is 0 Å². The molecule has 1 aliphatic rings. The van der Waals surface area contributed by atoms with E-state index in [2.05, 4.69) is 29.8 Å². The maximum atomic E-state index is 6.13. The van der Waals surface area contributed by atoms with Crippen LogP contribution in [0.2, 0.25) is 5.02 Å². The van der Waals surface area contributed by atoms with Crippen molar-refractivity contribution in [1.29, 1.82) is 0 Å². The van der Waals surface area contributed by atoms with E-state index in [4.69, 9.17) is 17.4 Å². The van der Waals surface area contributed by atoms with Crippen molar-refractivity contribution in [1.82, 2.24) is 19.5 Å². The van der Waals surface area contributed by atoms with E-state index in [-0.39, 0.29) is 0 Å². The second-order valence-electron chi connectivity index (χ2n) is 3.97. The summed E-state index contributed by atoms with van der Waals surface area (Å²) in [6.07, 6.45) is 5.31. The number of imidazole rings is 1. The molecule has 3 rings (SSSR count). The quantitative estimate of drug-likeness (QED) is 0.612. The summed E-state index contributed by atoms with van der Waals surface area (Å²) in [7, 11) is 0. The molecule has 0 aromatic carbocycles.